The summed E-state index contributed by atoms with van der Waals surface area (Å²) in [5, 5.41) is 8.44. The van der Waals surface area contributed by atoms with Gasteiger partial charge >= 0.3 is 7.32 Å². The molecule has 1 aliphatic rings. The van der Waals surface area contributed by atoms with Crippen molar-refractivity contribution in [3.05, 3.63) is 0 Å². The van der Waals surface area contributed by atoms with E-state index in [1.54, 1.807) is 0 Å². The van der Waals surface area contributed by atoms with Crippen LogP contribution in [0.1, 0.15) is 0 Å². The minimum Gasteiger partial charge on any atom is -0.402 e. The third-order valence-corrected chi connectivity index (χ3v) is 1.89. The van der Waals surface area contributed by atoms with Crippen molar-refractivity contribution in [3.63, 3.8) is 0 Å². The van der Waals surface area contributed by atoms with Crippen LogP contribution < -0.4 is 0 Å². The highest BCUT2D eigenvalue weighted by atomic mass is 32.2. The van der Waals surface area contributed by atoms with Gasteiger partial charge in [-0.1, -0.05) is 0 Å². The topological polar surface area (TPSA) is 93.1 Å². The molecule has 1 unspecified atom stereocenters. The maximum atomic E-state index is 10.2. The Kier molecular flexibility index (Phi) is 1.97. The molecule has 0 aromatic heterocycles. The fraction of sp³-hybridized carbons (Fsp3) is 1.00. The van der Waals surface area contributed by atoms with Crippen molar-refractivity contribution in [1.82, 2.24) is 0 Å². The fourth-order valence-electron chi connectivity index (χ4n) is 0.525. The maximum Gasteiger partial charge on any atom is 0.637 e. The first-order chi connectivity index (χ1) is 4.50. The molecule has 1 atom stereocenters. The maximum absolute atomic E-state index is 10.2. The van der Waals surface area contributed by atoms with Gasteiger partial charge in [0.25, 0.3) is 10.1 Å². The molecule has 0 amide bonds. The minimum atomic E-state index is -4.24. The van der Waals surface area contributed by atoms with E-state index in [0.717, 1.165) is 0 Å². The standard InChI is InChI=1S/C2H5BO6S/c4-3-8-1-2(9-3)10(5,6)7/h2,4H,1H2,(H,5,6,7). The molecule has 0 radical (unpaired) electrons. The highest BCUT2D eigenvalue weighted by Gasteiger charge is 2.38. The van der Waals surface area contributed by atoms with Crippen LogP contribution in [-0.2, 0) is 19.4 Å². The van der Waals surface area contributed by atoms with E-state index < -0.39 is 22.9 Å². The van der Waals surface area contributed by atoms with Gasteiger partial charge in [0.2, 0.25) is 0 Å². The first-order valence-corrected chi connectivity index (χ1v) is 3.92. The third-order valence-electron chi connectivity index (χ3n) is 0.975. The van der Waals surface area contributed by atoms with E-state index in [1.807, 2.05) is 0 Å². The molecule has 2 N–H and O–H groups in total. The molecule has 1 heterocycles. The zero-order valence-electron chi connectivity index (χ0n) is 4.80. The van der Waals surface area contributed by atoms with Gasteiger partial charge in [-0.25, -0.2) is 0 Å². The Morgan fingerprint density at radius 3 is 2.40 bits per heavy atom. The van der Waals surface area contributed by atoms with Crippen molar-refractivity contribution >= 4 is 17.4 Å². The second-order valence-electron chi connectivity index (χ2n) is 1.72. The average molecular weight is 168 g/mol. The Balaban J connectivity index is 2.62. The van der Waals surface area contributed by atoms with E-state index >= 15 is 0 Å². The molecule has 0 bridgehead atoms. The van der Waals surface area contributed by atoms with Crippen LogP contribution in [-0.4, -0.2) is 37.4 Å². The van der Waals surface area contributed by atoms with Crippen LogP contribution in [0.25, 0.3) is 0 Å². The van der Waals surface area contributed by atoms with Crippen LogP contribution in [0.2, 0.25) is 0 Å². The molecule has 1 rings (SSSR count). The van der Waals surface area contributed by atoms with Crippen molar-refractivity contribution in [2.75, 3.05) is 6.61 Å². The summed E-state index contributed by atoms with van der Waals surface area (Å²) in [5.41, 5.74) is -1.46. The molecule has 0 aromatic carbocycles. The summed E-state index contributed by atoms with van der Waals surface area (Å²) in [7, 11) is -5.79. The minimum absolute atomic E-state index is 0.347. The van der Waals surface area contributed by atoms with Crippen LogP contribution in [0.5, 0.6) is 0 Å². The lowest BCUT2D eigenvalue weighted by molar-refractivity contribution is 0.246. The highest BCUT2D eigenvalue weighted by Crippen LogP contribution is 2.10. The van der Waals surface area contributed by atoms with Crippen molar-refractivity contribution in [3.8, 4) is 0 Å². The first-order valence-electron chi connectivity index (χ1n) is 2.41. The Hall–Kier alpha value is -0.145. The van der Waals surface area contributed by atoms with Crippen LogP contribution in [0.15, 0.2) is 0 Å². The predicted octanol–water partition coefficient (Wildman–Crippen LogP) is -1.78. The van der Waals surface area contributed by atoms with Crippen LogP contribution >= 0.6 is 0 Å². The second-order valence-corrected chi connectivity index (χ2v) is 3.28. The van der Waals surface area contributed by atoms with Crippen LogP contribution in [0.3, 0.4) is 0 Å². The van der Waals surface area contributed by atoms with E-state index in [4.69, 9.17) is 9.58 Å². The lowest BCUT2D eigenvalue weighted by Gasteiger charge is -2.01. The van der Waals surface area contributed by atoms with E-state index in [1.165, 1.54) is 0 Å². The molecule has 0 aliphatic carbocycles. The molecule has 0 aromatic rings. The molecular weight excluding hydrogens is 163 g/mol. The van der Waals surface area contributed by atoms with Gasteiger partial charge in [-0.3, -0.25) is 4.55 Å². The molecule has 8 heteroatoms. The molecule has 1 fully saturated rings. The zero-order valence-corrected chi connectivity index (χ0v) is 5.61. The Morgan fingerprint density at radius 2 is 2.20 bits per heavy atom. The summed E-state index contributed by atoms with van der Waals surface area (Å²) >= 11 is 0. The average Bonchev–Trinajstić information content (AvgIpc) is 2.11. The van der Waals surface area contributed by atoms with Gasteiger partial charge in [-0.2, -0.15) is 8.42 Å². The summed E-state index contributed by atoms with van der Waals surface area (Å²) in [5.74, 6) is 0. The van der Waals surface area contributed by atoms with Gasteiger partial charge in [0, 0.05) is 0 Å². The molecular formula is C2H5BO6S. The third kappa shape index (κ3) is 1.67. The second kappa shape index (κ2) is 2.48. The largest absolute Gasteiger partial charge is 0.637 e. The van der Waals surface area contributed by atoms with E-state index in [9.17, 15) is 8.42 Å². The number of hydrogen-bond acceptors (Lipinski definition) is 5. The Morgan fingerprint density at radius 1 is 1.60 bits per heavy atom. The molecule has 1 aliphatic heterocycles. The van der Waals surface area contributed by atoms with Crippen LogP contribution in [0.4, 0.5) is 0 Å². The number of hydrogen-bond donors (Lipinski definition) is 2. The molecule has 1 saturated heterocycles. The smallest absolute Gasteiger partial charge is 0.402 e. The summed E-state index contributed by atoms with van der Waals surface area (Å²) < 4.78 is 37.2. The first kappa shape index (κ1) is 7.96. The monoisotopic (exact) mass is 168 g/mol. The fourth-order valence-corrected chi connectivity index (χ4v) is 1.01. The number of rotatable bonds is 1. The van der Waals surface area contributed by atoms with Gasteiger partial charge in [0.15, 0.2) is 5.44 Å². The van der Waals surface area contributed by atoms with Gasteiger partial charge in [-0.05, 0) is 0 Å². The molecule has 10 heavy (non-hydrogen) atoms. The van der Waals surface area contributed by atoms with E-state index in [2.05, 4.69) is 9.31 Å². The van der Waals surface area contributed by atoms with Gasteiger partial charge in [0.05, 0.1) is 6.61 Å². The van der Waals surface area contributed by atoms with Gasteiger partial charge in [0.1, 0.15) is 0 Å². The van der Waals surface area contributed by atoms with Gasteiger partial charge in [-0.15, -0.1) is 0 Å². The lowest BCUT2D eigenvalue weighted by Crippen LogP contribution is -2.24. The Bertz CT molecular complexity index is 210. The summed E-state index contributed by atoms with van der Waals surface area (Å²) in [6.45, 7) is -0.347. The SMILES string of the molecule is O=S(=O)(O)C1COB(O)O1. The molecule has 58 valence electrons. The lowest BCUT2D eigenvalue weighted by atomic mass is 10.3. The molecule has 6 nitrogen and oxygen atoms in total. The van der Waals surface area contributed by atoms with Crippen LogP contribution in [0, 0.1) is 0 Å². The molecule has 0 spiro atoms. The van der Waals surface area contributed by atoms with Crippen molar-refractivity contribution in [1.29, 1.82) is 0 Å². The quantitative estimate of drug-likeness (QED) is 0.355. The highest BCUT2D eigenvalue weighted by molar-refractivity contribution is 7.86. The molecule has 0 saturated carbocycles. The van der Waals surface area contributed by atoms with Crippen molar-refractivity contribution < 1.29 is 27.3 Å². The van der Waals surface area contributed by atoms with Crippen molar-refractivity contribution in [2.45, 2.75) is 5.44 Å². The van der Waals surface area contributed by atoms with E-state index in [-0.39, 0.29) is 6.61 Å². The van der Waals surface area contributed by atoms with Crippen molar-refractivity contribution in [2.24, 2.45) is 0 Å². The van der Waals surface area contributed by atoms with Gasteiger partial charge < -0.3 is 14.3 Å². The predicted molar refractivity (Wildman–Crippen MR) is 30.3 cm³/mol. The normalized spacial score (nSPS) is 27.4. The Labute approximate surface area is 57.7 Å². The summed E-state index contributed by atoms with van der Waals surface area (Å²) in [4.78, 5) is 0. The summed E-state index contributed by atoms with van der Waals surface area (Å²) in [6, 6.07) is 0. The zero-order chi connectivity index (χ0) is 7.78. The van der Waals surface area contributed by atoms with E-state index in [0.29, 0.717) is 0 Å². The summed E-state index contributed by atoms with van der Waals surface area (Å²) in [6.07, 6.45) is 0.